The number of fused-ring (bicyclic) bond motifs is 1. The van der Waals surface area contributed by atoms with E-state index in [4.69, 9.17) is 11.1 Å². The van der Waals surface area contributed by atoms with Crippen molar-refractivity contribution in [3.8, 4) is 0 Å². The summed E-state index contributed by atoms with van der Waals surface area (Å²) in [4.78, 5) is 18.1. The summed E-state index contributed by atoms with van der Waals surface area (Å²) in [5.74, 6) is 0.522. The number of nitrogens with zero attached hydrogens (tertiary/aromatic N) is 7. The van der Waals surface area contributed by atoms with Crippen LogP contribution in [0.4, 0.5) is 11.5 Å². The van der Waals surface area contributed by atoms with Crippen LogP contribution in [0, 0.1) is 6.92 Å². The molecule has 1 aliphatic rings. The van der Waals surface area contributed by atoms with Gasteiger partial charge < -0.3 is 10.6 Å². The van der Waals surface area contributed by atoms with E-state index in [1.165, 1.54) is 6.07 Å². The highest BCUT2D eigenvalue weighted by Gasteiger charge is 2.24. The van der Waals surface area contributed by atoms with Gasteiger partial charge in [0.05, 0.1) is 12.6 Å². The molecule has 3 N–H and O–H groups in total. The van der Waals surface area contributed by atoms with Gasteiger partial charge in [-0.2, -0.15) is 5.10 Å². The van der Waals surface area contributed by atoms with Gasteiger partial charge in [-0.1, -0.05) is 10.2 Å². The van der Waals surface area contributed by atoms with Crippen LogP contribution in [0.2, 0.25) is 0 Å². The number of aryl methyl sites for hydroxylation is 1. The van der Waals surface area contributed by atoms with Crippen molar-refractivity contribution in [3.05, 3.63) is 61.5 Å². The van der Waals surface area contributed by atoms with E-state index >= 15 is 0 Å². The summed E-state index contributed by atoms with van der Waals surface area (Å²) in [7, 11) is 0. The molecule has 11 nitrogen and oxygen atoms in total. The van der Waals surface area contributed by atoms with Crippen molar-refractivity contribution in [1.82, 2.24) is 15.5 Å². The number of aromatic nitrogens is 2. The van der Waals surface area contributed by atoms with Crippen LogP contribution in [0.3, 0.4) is 0 Å². The zero-order valence-corrected chi connectivity index (χ0v) is 14.0. The Bertz CT molecular complexity index is 936. The minimum absolute atomic E-state index is 0.0636. The Morgan fingerprint density at radius 1 is 1.38 bits per heavy atom. The van der Waals surface area contributed by atoms with E-state index in [1.807, 2.05) is 6.92 Å². The van der Waals surface area contributed by atoms with Gasteiger partial charge in [-0.25, -0.2) is 0 Å². The Hall–Kier alpha value is -3.68. The Morgan fingerprint density at radius 2 is 2.23 bits per heavy atom. The monoisotopic (exact) mass is 352 g/mol. The van der Waals surface area contributed by atoms with Gasteiger partial charge in [0.15, 0.2) is 5.82 Å². The molecule has 0 saturated heterocycles. The molecule has 0 radical (unpaired) electrons. The number of carbonyl (C=O) groups excluding carboxylic acids is 1. The van der Waals surface area contributed by atoms with E-state index in [0.717, 1.165) is 17.1 Å². The van der Waals surface area contributed by atoms with E-state index in [0.29, 0.717) is 24.1 Å². The fourth-order valence-corrected chi connectivity index (χ4v) is 2.88. The number of hydrogen-bond acceptors (Lipinski definition) is 5. The van der Waals surface area contributed by atoms with Crippen LogP contribution in [0.25, 0.3) is 20.9 Å². The zero-order valence-electron chi connectivity index (χ0n) is 14.0. The van der Waals surface area contributed by atoms with E-state index in [-0.39, 0.29) is 24.2 Å². The summed E-state index contributed by atoms with van der Waals surface area (Å²) < 4.78 is 0. The minimum Gasteiger partial charge on any atom is -0.366 e. The molecule has 0 spiro atoms. The van der Waals surface area contributed by atoms with Gasteiger partial charge in [0.25, 0.3) is 5.91 Å². The predicted molar refractivity (Wildman–Crippen MR) is 94.9 cm³/mol. The van der Waals surface area contributed by atoms with Crippen molar-refractivity contribution in [3.63, 3.8) is 0 Å². The van der Waals surface area contributed by atoms with Gasteiger partial charge in [0, 0.05) is 38.9 Å². The Balaban J connectivity index is 1.78. The number of benzene rings is 1. The number of nitrogens with one attached hydrogen (secondary N) is 3. The van der Waals surface area contributed by atoms with Gasteiger partial charge >= 0.3 is 0 Å². The first-order chi connectivity index (χ1) is 12.6. The Kier molecular flexibility index (Phi) is 4.93. The van der Waals surface area contributed by atoms with Crippen molar-refractivity contribution < 1.29 is 4.79 Å². The predicted octanol–water partition coefficient (Wildman–Crippen LogP) is 3.24. The summed E-state index contributed by atoms with van der Waals surface area (Å²) >= 11 is 0. The lowest BCUT2D eigenvalue weighted by Gasteiger charge is -2.24. The number of amides is 1. The lowest BCUT2D eigenvalue weighted by Crippen LogP contribution is -2.43. The van der Waals surface area contributed by atoms with Crippen LogP contribution in [-0.4, -0.2) is 28.7 Å². The van der Waals surface area contributed by atoms with Crippen LogP contribution in [0.15, 0.2) is 28.4 Å². The first-order valence-corrected chi connectivity index (χ1v) is 7.89. The molecule has 1 aromatic carbocycles. The summed E-state index contributed by atoms with van der Waals surface area (Å²) in [6.07, 6.45) is 0.665. The molecule has 1 unspecified atom stereocenters. The second kappa shape index (κ2) is 7.47. The fraction of sp³-hybridized carbons (Fsp3) is 0.333. The number of anilines is 1. The maximum atomic E-state index is 12.6. The topological polar surface area (TPSA) is 167 Å². The smallest absolute Gasteiger partial charge is 0.251 e. The lowest BCUT2D eigenvalue weighted by molar-refractivity contribution is 0.0938. The average Bonchev–Trinajstić information content (AvgIpc) is 3.00. The number of rotatable bonds is 5. The second-order valence-corrected chi connectivity index (χ2v) is 5.90. The number of aromatic amines is 1. The number of azide groups is 2. The first kappa shape index (κ1) is 17.2. The third kappa shape index (κ3) is 3.69. The standard InChI is InChI=1S/C15H16N10O/c1-8-13-5-12(7-18-14(13)23-21-8)20-15(26)10-2-9(6-19-24-16)3-11(4-10)22-25-17/h2-4,12H,5-7H2,1H3,(H,20,26)(H2,18,21,23). The van der Waals surface area contributed by atoms with E-state index in [1.54, 1.807) is 12.1 Å². The van der Waals surface area contributed by atoms with Crippen LogP contribution < -0.4 is 10.6 Å². The SMILES string of the molecule is Cc1[nH]nc2c1CC(NC(=O)c1cc(CN=[N+]=[N-])cc(N=[N+]=[N-])c1)CN2. The molecule has 0 bridgehead atoms. The van der Waals surface area contributed by atoms with Crippen molar-refractivity contribution >= 4 is 17.4 Å². The summed E-state index contributed by atoms with van der Waals surface area (Å²) in [6, 6.07) is 4.59. The highest BCUT2D eigenvalue weighted by atomic mass is 16.1. The minimum atomic E-state index is -0.293. The average molecular weight is 352 g/mol. The second-order valence-electron chi connectivity index (χ2n) is 5.90. The molecular weight excluding hydrogens is 336 g/mol. The maximum absolute atomic E-state index is 12.6. The van der Waals surface area contributed by atoms with E-state index < -0.39 is 0 Å². The molecule has 2 heterocycles. The lowest BCUT2D eigenvalue weighted by atomic mass is 10.0. The van der Waals surface area contributed by atoms with Crippen LogP contribution >= 0.6 is 0 Å². The quantitative estimate of drug-likeness (QED) is 0.427. The van der Waals surface area contributed by atoms with Gasteiger partial charge in [0.2, 0.25) is 0 Å². The summed E-state index contributed by atoms with van der Waals surface area (Å²) in [6.45, 7) is 2.56. The molecule has 11 heteroatoms. The van der Waals surface area contributed by atoms with Gasteiger partial charge in [0.1, 0.15) is 0 Å². The molecule has 1 atom stereocenters. The third-order valence-electron chi connectivity index (χ3n) is 4.09. The number of hydrogen-bond donors (Lipinski definition) is 3. The Morgan fingerprint density at radius 3 is 3.00 bits per heavy atom. The van der Waals surface area contributed by atoms with Crippen LogP contribution in [-0.2, 0) is 13.0 Å². The van der Waals surface area contributed by atoms with E-state index in [9.17, 15) is 4.79 Å². The number of H-pyrrole nitrogens is 1. The Labute approximate surface area is 148 Å². The molecule has 0 saturated carbocycles. The number of carbonyl (C=O) groups is 1. The van der Waals surface area contributed by atoms with E-state index in [2.05, 4.69) is 40.9 Å². The zero-order chi connectivity index (χ0) is 18.5. The van der Waals surface area contributed by atoms with Crippen LogP contribution in [0.5, 0.6) is 0 Å². The molecule has 1 amide bonds. The fourth-order valence-electron chi connectivity index (χ4n) is 2.88. The molecule has 26 heavy (non-hydrogen) atoms. The summed E-state index contributed by atoms with van der Waals surface area (Å²) in [5.41, 5.74) is 20.3. The van der Waals surface area contributed by atoms with Crippen molar-refractivity contribution in [2.45, 2.75) is 25.9 Å². The molecule has 2 aromatic rings. The van der Waals surface area contributed by atoms with Crippen molar-refractivity contribution in [1.29, 1.82) is 0 Å². The largest absolute Gasteiger partial charge is 0.366 e. The van der Waals surface area contributed by atoms with Gasteiger partial charge in [-0.15, -0.1) is 0 Å². The van der Waals surface area contributed by atoms with Gasteiger partial charge in [-0.05, 0) is 48.2 Å². The molecule has 1 aliphatic heterocycles. The molecule has 3 rings (SSSR count). The first-order valence-electron chi connectivity index (χ1n) is 7.89. The van der Waals surface area contributed by atoms with Crippen molar-refractivity contribution in [2.75, 3.05) is 11.9 Å². The summed E-state index contributed by atoms with van der Waals surface area (Å²) in [5, 5.41) is 20.3. The molecule has 0 aliphatic carbocycles. The molecule has 0 fully saturated rings. The molecule has 1 aromatic heterocycles. The van der Waals surface area contributed by atoms with Crippen LogP contribution in [0.1, 0.15) is 27.2 Å². The van der Waals surface area contributed by atoms with Gasteiger partial charge in [-0.3, -0.25) is 9.89 Å². The molecule has 132 valence electrons. The third-order valence-corrected chi connectivity index (χ3v) is 4.09. The van der Waals surface area contributed by atoms with Crippen molar-refractivity contribution in [2.24, 2.45) is 10.2 Å². The normalized spacial score (nSPS) is 15.0. The maximum Gasteiger partial charge on any atom is 0.251 e. The highest BCUT2D eigenvalue weighted by Crippen LogP contribution is 2.23. The highest BCUT2D eigenvalue weighted by molar-refractivity contribution is 5.95. The molecular formula is C15H16N10O.